The number of hydrogen-bond acceptors (Lipinski definition) is 4. The van der Waals surface area contributed by atoms with Gasteiger partial charge in [-0.2, -0.15) is 0 Å². The monoisotopic (exact) mass is 445 g/mol. The average molecular weight is 446 g/mol. The molecule has 1 aliphatic heterocycles. The summed E-state index contributed by atoms with van der Waals surface area (Å²) in [7, 11) is 0. The normalized spacial score (nSPS) is 13.5. The van der Waals surface area contributed by atoms with E-state index in [1.807, 2.05) is 24.3 Å². The molecule has 170 valence electrons. The fourth-order valence-electron chi connectivity index (χ4n) is 3.78. The van der Waals surface area contributed by atoms with Crippen LogP contribution in [0.3, 0.4) is 0 Å². The van der Waals surface area contributed by atoms with Crippen LogP contribution in [0.4, 0.5) is 10.5 Å². The summed E-state index contributed by atoms with van der Waals surface area (Å²) in [5.74, 6) is -0.575. The van der Waals surface area contributed by atoms with E-state index in [-0.39, 0.29) is 6.03 Å². The lowest BCUT2D eigenvalue weighted by Crippen LogP contribution is -2.48. The maximum atomic E-state index is 13.4. The summed E-state index contributed by atoms with van der Waals surface area (Å²) >= 11 is 0. The first-order valence-corrected chi connectivity index (χ1v) is 10.9. The van der Waals surface area contributed by atoms with E-state index in [0.29, 0.717) is 38.4 Å². The average Bonchev–Trinajstić information content (AvgIpc) is 2.88. The molecule has 2 N–H and O–H groups in total. The van der Waals surface area contributed by atoms with Crippen LogP contribution in [0.25, 0.3) is 11.1 Å². The van der Waals surface area contributed by atoms with Crippen LogP contribution in [0, 0.1) is 6.92 Å². The number of rotatable bonds is 5. The molecule has 3 amide bonds. The van der Waals surface area contributed by atoms with Crippen molar-refractivity contribution in [1.82, 2.24) is 10.4 Å². The second-order valence-electron chi connectivity index (χ2n) is 8.02. The summed E-state index contributed by atoms with van der Waals surface area (Å²) in [6.07, 6.45) is 0. The molecule has 7 nitrogen and oxygen atoms in total. The Morgan fingerprint density at radius 2 is 1.48 bits per heavy atom. The Hall–Kier alpha value is -3.68. The van der Waals surface area contributed by atoms with Gasteiger partial charge in [-0.1, -0.05) is 54.1 Å². The van der Waals surface area contributed by atoms with E-state index < -0.39 is 5.91 Å². The lowest BCUT2D eigenvalue weighted by atomic mass is 10.0. The van der Waals surface area contributed by atoms with E-state index in [9.17, 15) is 9.59 Å². The van der Waals surface area contributed by atoms with Gasteiger partial charge in [0, 0.05) is 24.3 Å². The van der Waals surface area contributed by atoms with E-state index in [0.717, 1.165) is 22.4 Å². The van der Waals surface area contributed by atoms with E-state index in [4.69, 9.17) is 9.94 Å². The van der Waals surface area contributed by atoms with Gasteiger partial charge in [0.1, 0.15) is 0 Å². The Balaban J connectivity index is 1.60. The van der Waals surface area contributed by atoms with Crippen molar-refractivity contribution >= 4 is 17.6 Å². The molecular weight excluding hydrogens is 418 g/mol. The van der Waals surface area contributed by atoms with Crippen LogP contribution >= 0.6 is 0 Å². The highest BCUT2D eigenvalue weighted by atomic mass is 16.5. The number of aryl methyl sites for hydroxylation is 1. The van der Waals surface area contributed by atoms with Gasteiger partial charge in [-0.3, -0.25) is 14.9 Å². The number of nitrogens with zero attached hydrogens (tertiary/aromatic N) is 2. The van der Waals surface area contributed by atoms with Gasteiger partial charge in [-0.05, 0) is 47.9 Å². The van der Waals surface area contributed by atoms with Gasteiger partial charge >= 0.3 is 6.03 Å². The number of carbonyl (C=O) groups is 2. The van der Waals surface area contributed by atoms with Gasteiger partial charge < -0.3 is 9.64 Å². The van der Waals surface area contributed by atoms with Crippen LogP contribution in [-0.4, -0.2) is 48.3 Å². The summed E-state index contributed by atoms with van der Waals surface area (Å²) < 4.78 is 5.40. The quantitative estimate of drug-likeness (QED) is 0.455. The zero-order valence-electron chi connectivity index (χ0n) is 18.5. The lowest BCUT2D eigenvalue weighted by molar-refractivity contribution is 0.0548. The highest BCUT2D eigenvalue weighted by Gasteiger charge is 2.24. The van der Waals surface area contributed by atoms with Crippen molar-refractivity contribution in [3.8, 4) is 11.1 Å². The molecule has 1 aliphatic rings. The molecule has 1 heterocycles. The second kappa shape index (κ2) is 10.3. The highest BCUT2D eigenvalue weighted by molar-refractivity contribution is 5.94. The van der Waals surface area contributed by atoms with Crippen LogP contribution in [0.2, 0.25) is 0 Å². The van der Waals surface area contributed by atoms with Gasteiger partial charge in [0.25, 0.3) is 5.91 Å². The summed E-state index contributed by atoms with van der Waals surface area (Å²) in [6.45, 7) is 4.55. The molecule has 7 heteroatoms. The molecule has 4 rings (SSSR count). The molecule has 0 bridgehead atoms. The number of carbonyl (C=O) groups excluding carboxylic acids is 2. The standard InChI is InChI=1S/C26H27N3O4/c1-19-2-6-21(7-3-19)22-10-12-24(13-11-22)29(26(31)28-14-16-33-17-15-28)18-20-4-8-23(9-5-20)25(30)27-32/h2-13,32H,14-18H2,1H3,(H,27,30). The Bertz CT molecular complexity index is 1090. The van der Waals surface area contributed by atoms with Crippen LogP contribution in [-0.2, 0) is 11.3 Å². The van der Waals surface area contributed by atoms with Crippen LogP contribution in [0.1, 0.15) is 21.5 Å². The Morgan fingerprint density at radius 3 is 2.06 bits per heavy atom. The molecular formula is C26H27N3O4. The smallest absolute Gasteiger partial charge is 0.324 e. The number of amides is 3. The number of urea groups is 1. The molecule has 3 aromatic rings. The molecule has 0 radical (unpaired) electrons. The fourth-order valence-corrected chi connectivity index (χ4v) is 3.78. The van der Waals surface area contributed by atoms with E-state index in [1.165, 1.54) is 5.56 Å². The van der Waals surface area contributed by atoms with E-state index in [2.05, 4.69) is 31.2 Å². The zero-order valence-corrected chi connectivity index (χ0v) is 18.5. The molecule has 1 fully saturated rings. The number of anilines is 1. The molecule has 1 saturated heterocycles. The minimum atomic E-state index is -0.575. The number of hydrogen-bond donors (Lipinski definition) is 2. The third-order valence-electron chi connectivity index (χ3n) is 5.73. The number of nitrogens with one attached hydrogen (secondary N) is 1. The van der Waals surface area contributed by atoms with Crippen molar-refractivity contribution in [2.75, 3.05) is 31.2 Å². The minimum Gasteiger partial charge on any atom is -0.378 e. The first kappa shape index (κ1) is 22.5. The summed E-state index contributed by atoms with van der Waals surface area (Å²) in [5.41, 5.74) is 7.04. The van der Waals surface area contributed by atoms with Crippen molar-refractivity contribution in [2.24, 2.45) is 0 Å². The minimum absolute atomic E-state index is 0.0847. The maximum absolute atomic E-state index is 13.4. The van der Waals surface area contributed by atoms with Crippen molar-refractivity contribution in [1.29, 1.82) is 0 Å². The number of morpholine rings is 1. The van der Waals surface area contributed by atoms with Crippen molar-refractivity contribution in [3.05, 3.63) is 89.5 Å². The Labute approximate surface area is 193 Å². The van der Waals surface area contributed by atoms with E-state index >= 15 is 0 Å². The number of hydroxylamine groups is 1. The molecule has 0 unspecified atom stereocenters. The molecule has 3 aromatic carbocycles. The van der Waals surface area contributed by atoms with Gasteiger partial charge in [-0.15, -0.1) is 0 Å². The first-order chi connectivity index (χ1) is 16.0. The maximum Gasteiger partial charge on any atom is 0.324 e. The first-order valence-electron chi connectivity index (χ1n) is 10.9. The van der Waals surface area contributed by atoms with Crippen LogP contribution in [0.5, 0.6) is 0 Å². The lowest BCUT2D eigenvalue weighted by Gasteiger charge is -2.33. The zero-order chi connectivity index (χ0) is 23.2. The molecule has 0 spiro atoms. The fraction of sp³-hybridized carbons (Fsp3) is 0.231. The SMILES string of the molecule is Cc1ccc(-c2ccc(N(Cc3ccc(C(=O)NO)cc3)C(=O)N3CCOCC3)cc2)cc1. The van der Waals surface area contributed by atoms with Gasteiger partial charge in [-0.25, -0.2) is 10.3 Å². The number of benzene rings is 3. The van der Waals surface area contributed by atoms with Gasteiger partial charge in [0.2, 0.25) is 0 Å². The van der Waals surface area contributed by atoms with Crippen molar-refractivity contribution in [3.63, 3.8) is 0 Å². The Kier molecular flexibility index (Phi) is 7.02. The summed E-state index contributed by atoms with van der Waals surface area (Å²) in [5, 5.41) is 8.82. The highest BCUT2D eigenvalue weighted by Crippen LogP contribution is 2.26. The topological polar surface area (TPSA) is 82.1 Å². The summed E-state index contributed by atoms with van der Waals surface area (Å²) in [6, 6.07) is 23.0. The third-order valence-corrected chi connectivity index (χ3v) is 5.73. The molecule has 33 heavy (non-hydrogen) atoms. The third kappa shape index (κ3) is 5.39. The van der Waals surface area contributed by atoms with Gasteiger partial charge in [0.05, 0.1) is 19.8 Å². The largest absolute Gasteiger partial charge is 0.378 e. The number of ether oxygens (including phenoxy) is 1. The predicted octanol–water partition coefficient (Wildman–Crippen LogP) is 4.24. The molecule has 0 saturated carbocycles. The van der Waals surface area contributed by atoms with Crippen molar-refractivity contribution < 1.29 is 19.5 Å². The molecule has 0 aliphatic carbocycles. The van der Waals surface area contributed by atoms with Crippen LogP contribution < -0.4 is 10.4 Å². The molecule has 0 atom stereocenters. The molecule has 0 aromatic heterocycles. The predicted molar refractivity (Wildman–Crippen MR) is 126 cm³/mol. The Morgan fingerprint density at radius 1 is 0.909 bits per heavy atom. The van der Waals surface area contributed by atoms with Crippen LogP contribution in [0.15, 0.2) is 72.8 Å². The summed E-state index contributed by atoms with van der Waals surface area (Å²) in [4.78, 5) is 28.6. The van der Waals surface area contributed by atoms with Crippen molar-refractivity contribution in [2.45, 2.75) is 13.5 Å². The second-order valence-corrected chi connectivity index (χ2v) is 8.02. The van der Waals surface area contributed by atoms with E-state index in [1.54, 1.807) is 39.5 Å². The van der Waals surface area contributed by atoms with Gasteiger partial charge in [0.15, 0.2) is 0 Å².